The van der Waals surface area contributed by atoms with Crippen LogP contribution in [0, 0.1) is 0 Å². The highest BCUT2D eigenvalue weighted by molar-refractivity contribution is 5.78. The highest BCUT2D eigenvalue weighted by Gasteiger charge is 2.32. The molecule has 1 aromatic carbocycles. The molecule has 2 heterocycles. The molecule has 0 spiro atoms. The van der Waals surface area contributed by atoms with E-state index in [1.807, 2.05) is 24.3 Å². The summed E-state index contributed by atoms with van der Waals surface area (Å²) in [4.78, 5) is 16.7. The van der Waals surface area contributed by atoms with Gasteiger partial charge in [0.05, 0.1) is 7.11 Å². The molecule has 2 atom stereocenters. The van der Waals surface area contributed by atoms with E-state index in [1.165, 1.54) is 0 Å². The summed E-state index contributed by atoms with van der Waals surface area (Å²) in [7, 11) is 3.79. The first kappa shape index (κ1) is 15.3. The van der Waals surface area contributed by atoms with Gasteiger partial charge in [-0.05, 0) is 13.1 Å². The minimum absolute atomic E-state index is 0.0189. The Bertz CT molecular complexity index is 529. The molecule has 0 bridgehead atoms. The smallest absolute Gasteiger partial charge is 0.224 e. The lowest BCUT2D eigenvalue weighted by Crippen LogP contribution is -2.64. The maximum atomic E-state index is 12.1. The summed E-state index contributed by atoms with van der Waals surface area (Å²) in [5.74, 6) is 0.908. The molecule has 6 heteroatoms. The fourth-order valence-electron chi connectivity index (χ4n) is 3.12. The zero-order chi connectivity index (χ0) is 15.5. The number of rotatable bonds is 3. The van der Waals surface area contributed by atoms with E-state index in [0.717, 1.165) is 37.5 Å². The Hall–Kier alpha value is -1.63. The van der Waals surface area contributed by atoms with Gasteiger partial charge in [-0.1, -0.05) is 18.2 Å². The number of hydrogen-bond acceptors (Lipinski definition) is 5. The van der Waals surface area contributed by atoms with Crippen molar-refractivity contribution in [2.75, 3.05) is 40.3 Å². The lowest BCUT2D eigenvalue weighted by molar-refractivity contribution is -0.127. The molecule has 3 rings (SSSR count). The summed E-state index contributed by atoms with van der Waals surface area (Å²) < 4.78 is 5.44. The van der Waals surface area contributed by atoms with Gasteiger partial charge in [-0.2, -0.15) is 0 Å². The molecule has 0 aliphatic carbocycles. The van der Waals surface area contributed by atoms with Crippen molar-refractivity contribution in [3.8, 4) is 5.75 Å². The number of piperazine rings is 1. The molecule has 1 amide bonds. The number of likely N-dealkylation sites (N-methyl/N-ethyl adjacent to an activating group) is 1. The minimum atomic E-state index is -0.107. The van der Waals surface area contributed by atoms with Crippen LogP contribution < -0.4 is 15.4 Å². The van der Waals surface area contributed by atoms with Crippen LogP contribution in [0.25, 0.3) is 0 Å². The van der Waals surface area contributed by atoms with Crippen LogP contribution in [-0.2, 0) is 4.79 Å². The van der Waals surface area contributed by atoms with E-state index in [9.17, 15) is 4.79 Å². The van der Waals surface area contributed by atoms with Crippen molar-refractivity contribution in [3.63, 3.8) is 0 Å². The van der Waals surface area contributed by atoms with Crippen molar-refractivity contribution in [2.45, 2.75) is 18.8 Å². The summed E-state index contributed by atoms with van der Waals surface area (Å²) >= 11 is 0. The van der Waals surface area contributed by atoms with Crippen LogP contribution >= 0.6 is 0 Å². The fourth-order valence-corrected chi connectivity index (χ4v) is 3.12. The number of para-hydroxylation sites is 1. The third-order valence-corrected chi connectivity index (χ3v) is 4.46. The number of nitrogens with one attached hydrogen (secondary N) is 2. The quantitative estimate of drug-likeness (QED) is 0.845. The minimum Gasteiger partial charge on any atom is -0.496 e. The van der Waals surface area contributed by atoms with Gasteiger partial charge in [0.1, 0.15) is 12.0 Å². The van der Waals surface area contributed by atoms with Crippen LogP contribution in [0.15, 0.2) is 24.3 Å². The fraction of sp³-hybridized carbons (Fsp3) is 0.562. The molecule has 120 valence electrons. The number of ether oxygens (including phenoxy) is 1. The molecule has 2 aliphatic heterocycles. The van der Waals surface area contributed by atoms with E-state index in [-0.39, 0.29) is 18.2 Å². The molecule has 6 nitrogen and oxygen atoms in total. The maximum absolute atomic E-state index is 12.1. The first-order valence-electron chi connectivity index (χ1n) is 7.78. The average Bonchev–Trinajstić information content (AvgIpc) is 2.55. The zero-order valence-electron chi connectivity index (χ0n) is 13.2. The summed E-state index contributed by atoms with van der Waals surface area (Å²) in [5.41, 5.74) is 1.04. The zero-order valence-corrected chi connectivity index (χ0v) is 13.2. The molecule has 0 radical (unpaired) electrons. The van der Waals surface area contributed by atoms with Gasteiger partial charge in [-0.15, -0.1) is 0 Å². The van der Waals surface area contributed by atoms with Crippen LogP contribution in [0.3, 0.4) is 0 Å². The van der Waals surface area contributed by atoms with Crippen molar-refractivity contribution in [3.05, 3.63) is 29.8 Å². The Morgan fingerprint density at radius 3 is 2.64 bits per heavy atom. The number of amides is 1. The molecular formula is C16H24N4O2. The van der Waals surface area contributed by atoms with Crippen LogP contribution in [-0.4, -0.2) is 62.3 Å². The van der Waals surface area contributed by atoms with Gasteiger partial charge in [0, 0.05) is 44.2 Å². The average molecular weight is 304 g/mol. The highest BCUT2D eigenvalue weighted by atomic mass is 16.5. The summed E-state index contributed by atoms with van der Waals surface area (Å²) in [5, 5.41) is 6.61. The van der Waals surface area contributed by atoms with Gasteiger partial charge in [0.25, 0.3) is 0 Å². The monoisotopic (exact) mass is 304 g/mol. The van der Waals surface area contributed by atoms with E-state index in [0.29, 0.717) is 6.42 Å². The van der Waals surface area contributed by atoms with Gasteiger partial charge in [-0.3, -0.25) is 15.0 Å². The molecule has 22 heavy (non-hydrogen) atoms. The number of carbonyl (C=O) groups is 1. The largest absolute Gasteiger partial charge is 0.496 e. The third kappa shape index (κ3) is 3.24. The standard InChI is InChI=1S/C16H24N4O2/c1-19-7-9-20(10-8-19)16-17-13(11-15(21)18-16)12-5-3-4-6-14(12)22-2/h3-6,13,16-17H,7-11H2,1-2H3,(H,18,21). The van der Waals surface area contributed by atoms with Crippen molar-refractivity contribution in [2.24, 2.45) is 0 Å². The molecule has 2 fully saturated rings. The Labute approximate surface area is 131 Å². The lowest BCUT2D eigenvalue weighted by Gasteiger charge is -2.42. The van der Waals surface area contributed by atoms with Crippen molar-refractivity contribution >= 4 is 5.91 Å². The topological polar surface area (TPSA) is 56.8 Å². The Morgan fingerprint density at radius 2 is 1.91 bits per heavy atom. The van der Waals surface area contributed by atoms with Gasteiger partial charge in [0.2, 0.25) is 5.91 Å². The molecule has 2 N–H and O–H groups in total. The molecule has 0 aromatic heterocycles. The van der Waals surface area contributed by atoms with Crippen molar-refractivity contribution in [1.82, 2.24) is 20.4 Å². The molecule has 1 aromatic rings. The van der Waals surface area contributed by atoms with Crippen molar-refractivity contribution in [1.29, 1.82) is 0 Å². The Balaban J connectivity index is 1.74. The van der Waals surface area contributed by atoms with Gasteiger partial charge in [0.15, 0.2) is 0 Å². The Morgan fingerprint density at radius 1 is 1.18 bits per heavy atom. The first-order valence-corrected chi connectivity index (χ1v) is 7.78. The van der Waals surface area contributed by atoms with E-state index in [4.69, 9.17) is 4.74 Å². The maximum Gasteiger partial charge on any atom is 0.224 e. The van der Waals surface area contributed by atoms with Gasteiger partial charge < -0.3 is 15.0 Å². The number of nitrogens with zero attached hydrogens (tertiary/aromatic N) is 2. The van der Waals surface area contributed by atoms with Crippen LogP contribution in [0.5, 0.6) is 5.75 Å². The van der Waals surface area contributed by atoms with Crippen LogP contribution in [0.2, 0.25) is 0 Å². The molecule has 2 aliphatic rings. The number of carbonyl (C=O) groups excluding carboxylic acids is 1. The molecule has 0 saturated carbocycles. The Kier molecular flexibility index (Phi) is 4.61. The summed E-state index contributed by atoms with van der Waals surface area (Å²) in [6, 6.07) is 7.87. The highest BCUT2D eigenvalue weighted by Crippen LogP contribution is 2.29. The third-order valence-electron chi connectivity index (χ3n) is 4.46. The SMILES string of the molecule is COc1ccccc1C1CC(=O)NC(N2CCN(C)CC2)N1. The van der Waals surface area contributed by atoms with Crippen LogP contribution in [0.1, 0.15) is 18.0 Å². The molecule has 2 unspecified atom stereocenters. The predicted octanol–water partition coefficient (Wildman–Crippen LogP) is 0.377. The van der Waals surface area contributed by atoms with Gasteiger partial charge >= 0.3 is 0 Å². The molecule has 2 saturated heterocycles. The van der Waals surface area contributed by atoms with E-state index in [1.54, 1.807) is 7.11 Å². The summed E-state index contributed by atoms with van der Waals surface area (Å²) in [6.45, 7) is 3.95. The number of hydrogen-bond donors (Lipinski definition) is 2. The second kappa shape index (κ2) is 6.64. The number of benzene rings is 1. The second-order valence-corrected chi connectivity index (χ2v) is 5.97. The van der Waals surface area contributed by atoms with Crippen molar-refractivity contribution < 1.29 is 9.53 Å². The van der Waals surface area contributed by atoms with Gasteiger partial charge in [-0.25, -0.2) is 0 Å². The predicted molar refractivity (Wildman–Crippen MR) is 84.5 cm³/mol. The number of methoxy groups -OCH3 is 1. The van der Waals surface area contributed by atoms with E-state index >= 15 is 0 Å². The first-order chi connectivity index (χ1) is 10.7. The lowest BCUT2D eigenvalue weighted by atomic mass is 10.0. The molecular weight excluding hydrogens is 280 g/mol. The second-order valence-electron chi connectivity index (χ2n) is 5.97. The summed E-state index contributed by atoms with van der Waals surface area (Å²) in [6.07, 6.45) is 0.329. The van der Waals surface area contributed by atoms with Crippen LogP contribution in [0.4, 0.5) is 0 Å². The van der Waals surface area contributed by atoms with E-state index < -0.39 is 0 Å². The normalized spacial score (nSPS) is 27.5. The van der Waals surface area contributed by atoms with E-state index in [2.05, 4.69) is 27.5 Å².